The van der Waals surface area contributed by atoms with Crippen molar-refractivity contribution in [3.8, 4) is 0 Å². The molecule has 2 nitrogen and oxygen atoms in total. The Morgan fingerprint density at radius 2 is 1.17 bits per heavy atom. The smallest absolute Gasteiger partial charge is 0.195 e. The van der Waals surface area contributed by atoms with Crippen LogP contribution < -0.4 is 0 Å². The predicted molar refractivity (Wildman–Crippen MR) is 26.4 cm³/mol. The number of rotatable bonds is 0. The largest absolute Gasteiger partial charge is 0.317 e. The molecule has 0 saturated heterocycles. The predicted octanol–water partition coefficient (Wildman–Crippen LogP) is 0.328. The number of hydrogen-bond acceptors (Lipinski definition) is 2. The van der Waals surface area contributed by atoms with Gasteiger partial charge in [0.1, 0.15) is 0 Å². The van der Waals surface area contributed by atoms with E-state index in [0.717, 1.165) is 0 Å². The quantitative estimate of drug-likeness (QED) is 0.376. The summed E-state index contributed by atoms with van der Waals surface area (Å²) in [6.45, 7) is 0. The van der Waals surface area contributed by atoms with E-state index in [2.05, 4.69) is 21.4 Å². The zero-order valence-corrected chi connectivity index (χ0v) is 7.31. The first-order chi connectivity index (χ1) is 2.00. The van der Waals surface area contributed by atoms with Crippen molar-refractivity contribution in [3.63, 3.8) is 0 Å². The van der Waals surface area contributed by atoms with Crippen molar-refractivity contribution in [1.82, 2.24) is 0 Å². The molecule has 0 saturated carbocycles. The van der Waals surface area contributed by atoms with Crippen LogP contribution in [-0.2, 0) is 8.26 Å². The molecule has 0 amide bonds. The number of halogens is 2. The van der Waals surface area contributed by atoms with Crippen molar-refractivity contribution in [3.05, 3.63) is 0 Å². The Balaban J connectivity index is 0. The summed E-state index contributed by atoms with van der Waals surface area (Å²) in [4.78, 5) is 0. The van der Waals surface area contributed by atoms with E-state index in [1.807, 2.05) is 0 Å². The van der Waals surface area contributed by atoms with Gasteiger partial charge in [-0.25, -0.2) is 0 Å². The second-order valence-electron chi connectivity index (χ2n) is 0.378. The topological polar surface area (TPSA) is 34.1 Å². The Labute approximate surface area is 67.0 Å². The molecule has 6 heteroatoms. The van der Waals surface area contributed by atoms with Crippen LogP contribution in [-0.4, -0.2) is 38.0 Å². The van der Waals surface area contributed by atoms with Gasteiger partial charge in [-0.2, -0.15) is 8.42 Å². The van der Waals surface area contributed by atoms with Crippen LogP contribution >= 0.6 is 21.4 Å². The summed E-state index contributed by atoms with van der Waals surface area (Å²) in [5, 5.41) is 0. The Hall–Kier alpha value is 1.53. The minimum absolute atomic E-state index is 0. The average Bonchev–Trinajstić information content (AvgIpc) is 0.722. The summed E-state index contributed by atoms with van der Waals surface area (Å²) in [5.74, 6) is 0. The van der Waals surface area contributed by atoms with Crippen LogP contribution in [0.1, 0.15) is 0 Å². The fourth-order valence-corrected chi connectivity index (χ4v) is 0. The molecule has 0 aromatic heterocycles. The Bertz CT molecular complexity index is 94.7. The summed E-state index contributed by atoms with van der Waals surface area (Å²) in [6, 6.07) is 0. The minimum atomic E-state index is -3.72. The third kappa shape index (κ3) is 48.5. The van der Waals surface area contributed by atoms with Crippen LogP contribution in [0.5, 0.6) is 0 Å². The maximum Gasteiger partial charge on any atom is 0.317 e. The molecule has 0 N–H and O–H groups in total. The molecule has 33 valence electrons. The molecular weight excluding hydrogens is 158 g/mol. The Kier molecular flexibility index (Phi) is 6.16. The fraction of sp³-hybridized carbons (Fsp3) is 0. The van der Waals surface area contributed by atoms with Crippen LogP contribution in [0.4, 0.5) is 0 Å². The maximum atomic E-state index is 9.16. The van der Waals surface area contributed by atoms with Gasteiger partial charge in [-0.3, -0.25) is 0 Å². The summed E-state index contributed by atoms with van der Waals surface area (Å²) in [7, 11) is 4.81. The van der Waals surface area contributed by atoms with Gasteiger partial charge in [-0.1, -0.05) is 0 Å². The van der Waals surface area contributed by atoms with Crippen molar-refractivity contribution >= 4 is 59.2 Å². The van der Waals surface area contributed by atoms with Gasteiger partial charge in [-0.15, -0.1) is 0 Å². The molecule has 0 heterocycles. The molecule has 0 aliphatic heterocycles. The zero-order valence-electron chi connectivity index (χ0n) is 2.98. The Morgan fingerprint density at radius 1 is 1.17 bits per heavy atom. The third-order valence-corrected chi connectivity index (χ3v) is 0. The first-order valence-corrected chi connectivity index (χ1v) is 3.78. The van der Waals surface area contributed by atoms with Crippen molar-refractivity contribution in [1.29, 1.82) is 0 Å². The van der Waals surface area contributed by atoms with E-state index < -0.39 is 8.26 Å². The summed E-state index contributed by atoms with van der Waals surface area (Å²) < 4.78 is 18.3. The van der Waals surface area contributed by atoms with Crippen molar-refractivity contribution in [2.45, 2.75) is 0 Å². The van der Waals surface area contributed by atoms with E-state index in [-0.39, 0.29) is 29.6 Å². The van der Waals surface area contributed by atoms with E-state index in [0.29, 0.717) is 0 Å². The summed E-state index contributed by atoms with van der Waals surface area (Å²) >= 11 is 0. The molecule has 0 rings (SSSR count). The monoisotopic (exact) mass is 157 g/mol. The van der Waals surface area contributed by atoms with Gasteiger partial charge < -0.3 is 0 Å². The van der Waals surface area contributed by atoms with Gasteiger partial charge in [0.25, 0.3) is 0 Å². The average molecular weight is 158 g/mol. The van der Waals surface area contributed by atoms with E-state index in [1.165, 1.54) is 0 Å². The molecule has 0 fully saturated rings. The minimum Gasteiger partial charge on any atom is -0.195 e. The fourth-order valence-electron chi connectivity index (χ4n) is 0. The molecule has 0 unspecified atom stereocenters. The molecule has 0 spiro atoms. The van der Waals surface area contributed by atoms with E-state index in [9.17, 15) is 0 Å². The van der Waals surface area contributed by atoms with Gasteiger partial charge in [-0.05, 0) is 0 Å². The second kappa shape index (κ2) is 3.52. The van der Waals surface area contributed by atoms with Crippen LogP contribution in [0.15, 0.2) is 0 Å². The van der Waals surface area contributed by atoms with Crippen molar-refractivity contribution in [2.75, 3.05) is 0 Å². The van der Waals surface area contributed by atoms with Gasteiger partial charge in [0.15, 0.2) is 0 Å². The van der Waals surface area contributed by atoms with Crippen LogP contribution in [0.2, 0.25) is 0 Å². The van der Waals surface area contributed by atoms with Crippen LogP contribution in [0, 0.1) is 0 Å². The first-order valence-electron chi connectivity index (χ1n) is 0.642. The van der Waals surface area contributed by atoms with E-state index in [4.69, 9.17) is 8.42 Å². The van der Waals surface area contributed by atoms with Crippen LogP contribution in [0.25, 0.3) is 0 Å². The zero-order chi connectivity index (χ0) is 4.50. The van der Waals surface area contributed by atoms with Crippen molar-refractivity contribution < 1.29 is 8.42 Å². The normalized spacial score (nSPS) is 9.67. The first kappa shape index (κ1) is 10.5. The maximum absolute atomic E-state index is 9.16. The summed E-state index contributed by atoms with van der Waals surface area (Å²) in [6.07, 6.45) is 0. The molecule has 1 radical (unpaired) electrons. The Morgan fingerprint density at radius 3 is 1.17 bits per heavy atom. The molecule has 0 atom stereocenters. The summed E-state index contributed by atoms with van der Waals surface area (Å²) in [5.41, 5.74) is 0. The molecule has 0 aromatic carbocycles. The molecule has 0 bridgehead atoms. The van der Waals surface area contributed by atoms with Gasteiger partial charge in [0.2, 0.25) is 0 Å². The van der Waals surface area contributed by atoms with E-state index in [1.54, 1.807) is 0 Å². The van der Waals surface area contributed by atoms with Gasteiger partial charge in [0, 0.05) is 50.9 Å². The standard InChI is InChI=1S/Cl2O2S.Na/c1-5(2,3)4;. The molecule has 6 heavy (non-hydrogen) atoms. The molecular formula is Cl2NaO2S. The number of hydrogen-bond donors (Lipinski definition) is 0. The molecule has 0 aliphatic carbocycles. The molecule has 0 aromatic rings. The van der Waals surface area contributed by atoms with Gasteiger partial charge >= 0.3 is 8.26 Å². The third-order valence-electron chi connectivity index (χ3n) is 0. The SMILES string of the molecule is O=S(=O)(Cl)Cl.[Na]. The molecule has 0 aliphatic rings. The van der Waals surface area contributed by atoms with Crippen molar-refractivity contribution in [2.24, 2.45) is 0 Å². The van der Waals surface area contributed by atoms with Crippen LogP contribution in [0.3, 0.4) is 0 Å². The second-order valence-corrected chi connectivity index (χ2v) is 4.05. The van der Waals surface area contributed by atoms with E-state index >= 15 is 0 Å². The van der Waals surface area contributed by atoms with Gasteiger partial charge in [0.05, 0.1) is 0 Å².